The molecule has 0 spiro atoms. The highest BCUT2D eigenvalue weighted by atomic mass is 127. The van der Waals surface area contributed by atoms with Crippen molar-refractivity contribution in [2.75, 3.05) is 0 Å². The Morgan fingerprint density at radius 2 is 1.90 bits per heavy atom. The highest BCUT2D eigenvalue weighted by Gasteiger charge is 2.12. The van der Waals surface area contributed by atoms with Gasteiger partial charge in [-0.3, -0.25) is 3.07 Å². The molecule has 0 heterocycles. The van der Waals surface area contributed by atoms with Crippen LogP contribution in [0.1, 0.15) is 27.7 Å². The van der Waals surface area contributed by atoms with Gasteiger partial charge in [0.1, 0.15) is 28.6 Å². The smallest absolute Gasteiger partial charge is 0.135 e. The van der Waals surface area contributed by atoms with E-state index in [1.54, 1.807) is 0 Å². The Morgan fingerprint density at radius 1 is 1.40 bits per heavy atom. The molecule has 0 atom stereocenters. The molecule has 58 valence electrons. The van der Waals surface area contributed by atoms with Crippen LogP contribution in [0.4, 0.5) is 0 Å². The topological polar surface area (TPSA) is 9.23 Å². The average Bonchev–Trinajstić information content (AvgIpc) is 1.85. The first kappa shape index (κ1) is 10.2. The minimum absolute atomic E-state index is 0.301. The lowest BCUT2D eigenvalue weighted by Gasteiger charge is -2.12. The largest absolute Gasteiger partial charge is 0.297 e. The molecule has 0 fully saturated rings. The summed E-state index contributed by atoms with van der Waals surface area (Å²) in [6.45, 7) is 8.04. The van der Waals surface area contributed by atoms with E-state index in [2.05, 4.69) is 25.7 Å². The van der Waals surface area contributed by atoms with Gasteiger partial charge < -0.3 is 0 Å². The molecule has 1 nitrogen and oxygen atoms in total. The van der Waals surface area contributed by atoms with Gasteiger partial charge in [-0.1, -0.05) is 25.7 Å². The van der Waals surface area contributed by atoms with E-state index in [1.807, 2.05) is 36.9 Å². The van der Waals surface area contributed by atoms with Crippen LogP contribution >= 0.6 is 23.0 Å². The van der Waals surface area contributed by atoms with Crippen LogP contribution in [0.3, 0.4) is 0 Å². The van der Waals surface area contributed by atoms with Gasteiger partial charge in [-0.2, -0.15) is 0 Å². The maximum absolute atomic E-state index is 5.08. The van der Waals surface area contributed by atoms with Crippen molar-refractivity contribution in [1.82, 2.24) is 0 Å². The fourth-order valence-corrected chi connectivity index (χ4v) is 0.448. The zero-order chi connectivity index (χ0) is 8.20. The van der Waals surface area contributed by atoms with Crippen LogP contribution in [0.25, 0.3) is 0 Å². The predicted octanol–water partition coefficient (Wildman–Crippen LogP) is 2.79. The van der Waals surface area contributed by atoms with E-state index in [0.29, 0.717) is 5.92 Å². The number of hydrogen-bond donors (Lipinski definition) is 0. The Bertz CT molecular complexity index is 150. The standard InChI is InChI=1S/C8H13IO/c1-7(2)5-6-8(3,4)10-9/h7H,1-4H3. The Balaban J connectivity index is 4.02. The molecule has 0 N–H and O–H groups in total. The average molecular weight is 252 g/mol. The summed E-state index contributed by atoms with van der Waals surface area (Å²) in [6, 6.07) is 0. The van der Waals surface area contributed by atoms with Crippen molar-refractivity contribution < 1.29 is 3.07 Å². The van der Waals surface area contributed by atoms with E-state index in [4.69, 9.17) is 3.07 Å². The van der Waals surface area contributed by atoms with E-state index in [-0.39, 0.29) is 5.60 Å². The molecule has 0 aromatic heterocycles. The lowest BCUT2D eigenvalue weighted by molar-refractivity contribution is 0.250. The zero-order valence-electron chi connectivity index (χ0n) is 6.86. The highest BCUT2D eigenvalue weighted by Crippen LogP contribution is 2.11. The Labute approximate surface area is 77.2 Å². The van der Waals surface area contributed by atoms with Gasteiger partial charge in [0.25, 0.3) is 0 Å². The Hall–Kier alpha value is 0.250. The molecular formula is C8H13IO. The first-order valence-corrected chi connectivity index (χ1v) is 4.18. The molecule has 0 saturated carbocycles. The summed E-state index contributed by atoms with van der Waals surface area (Å²) < 4.78 is 5.08. The molecule has 0 rings (SSSR count). The van der Waals surface area contributed by atoms with Crippen molar-refractivity contribution in [2.45, 2.75) is 33.3 Å². The van der Waals surface area contributed by atoms with E-state index in [1.165, 1.54) is 0 Å². The van der Waals surface area contributed by atoms with Crippen LogP contribution in [0.2, 0.25) is 0 Å². The molecule has 0 aliphatic carbocycles. The lowest BCUT2D eigenvalue weighted by atomic mass is 10.1. The first-order valence-electron chi connectivity index (χ1n) is 3.30. The fourth-order valence-electron chi connectivity index (χ4n) is 0.337. The molecule has 10 heavy (non-hydrogen) atoms. The molecule has 0 aliphatic rings. The number of rotatable bonds is 1. The summed E-state index contributed by atoms with van der Waals surface area (Å²) >= 11 is 1.87. The summed E-state index contributed by atoms with van der Waals surface area (Å²) in [5.41, 5.74) is -0.301. The van der Waals surface area contributed by atoms with Crippen molar-refractivity contribution in [3.63, 3.8) is 0 Å². The van der Waals surface area contributed by atoms with Crippen molar-refractivity contribution in [1.29, 1.82) is 0 Å². The summed E-state index contributed by atoms with van der Waals surface area (Å²) in [5, 5.41) is 0. The Morgan fingerprint density at radius 3 is 2.20 bits per heavy atom. The quantitative estimate of drug-likeness (QED) is 0.515. The third-order valence-corrected chi connectivity index (χ3v) is 1.96. The normalized spacial score (nSPS) is 11.0. The molecule has 0 aromatic carbocycles. The predicted molar refractivity (Wildman–Crippen MR) is 51.8 cm³/mol. The van der Waals surface area contributed by atoms with Gasteiger partial charge in [-0.25, -0.2) is 0 Å². The van der Waals surface area contributed by atoms with Gasteiger partial charge in [0.2, 0.25) is 0 Å². The fraction of sp³-hybridized carbons (Fsp3) is 0.750. The van der Waals surface area contributed by atoms with Crippen LogP contribution in [-0.2, 0) is 3.07 Å². The van der Waals surface area contributed by atoms with Gasteiger partial charge in [-0.05, 0) is 13.8 Å². The third-order valence-electron chi connectivity index (χ3n) is 0.855. The van der Waals surface area contributed by atoms with Crippen LogP contribution in [-0.4, -0.2) is 5.60 Å². The minimum Gasteiger partial charge on any atom is -0.297 e. The van der Waals surface area contributed by atoms with Crippen LogP contribution in [0.15, 0.2) is 0 Å². The van der Waals surface area contributed by atoms with Crippen molar-refractivity contribution >= 4 is 23.0 Å². The summed E-state index contributed by atoms with van der Waals surface area (Å²) in [6.07, 6.45) is 0. The van der Waals surface area contributed by atoms with Crippen LogP contribution in [0.5, 0.6) is 0 Å². The van der Waals surface area contributed by atoms with E-state index < -0.39 is 0 Å². The second-order valence-electron chi connectivity index (χ2n) is 3.01. The summed E-state index contributed by atoms with van der Waals surface area (Å²) in [5.74, 6) is 6.51. The zero-order valence-corrected chi connectivity index (χ0v) is 9.02. The molecule has 0 bridgehead atoms. The first-order chi connectivity index (χ1) is 4.48. The molecule has 0 amide bonds. The van der Waals surface area contributed by atoms with Gasteiger partial charge in [-0.15, -0.1) is 0 Å². The van der Waals surface area contributed by atoms with Gasteiger partial charge in [0.05, 0.1) is 0 Å². The van der Waals surface area contributed by atoms with E-state index in [9.17, 15) is 0 Å². The molecular weight excluding hydrogens is 239 g/mol. The second-order valence-corrected chi connectivity index (χ2v) is 3.45. The molecule has 0 aromatic rings. The summed E-state index contributed by atoms with van der Waals surface area (Å²) in [4.78, 5) is 0. The molecule has 0 radical (unpaired) electrons. The van der Waals surface area contributed by atoms with Gasteiger partial charge in [0, 0.05) is 5.92 Å². The molecule has 0 saturated heterocycles. The van der Waals surface area contributed by atoms with Crippen molar-refractivity contribution in [3.05, 3.63) is 0 Å². The van der Waals surface area contributed by atoms with Crippen LogP contribution in [0, 0.1) is 17.8 Å². The monoisotopic (exact) mass is 252 g/mol. The van der Waals surface area contributed by atoms with Gasteiger partial charge in [0.15, 0.2) is 0 Å². The highest BCUT2D eigenvalue weighted by molar-refractivity contribution is 14.1. The number of hydrogen-bond acceptors (Lipinski definition) is 1. The molecule has 0 aliphatic heterocycles. The van der Waals surface area contributed by atoms with Gasteiger partial charge >= 0.3 is 0 Å². The second kappa shape index (κ2) is 4.20. The van der Waals surface area contributed by atoms with Crippen LogP contribution < -0.4 is 0 Å². The van der Waals surface area contributed by atoms with E-state index >= 15 is 0 Å². The maximum atomic E-state index is 5.08. The summed E-state index contributed by atoms with van der Waals surface area (Å²) in [7, 11) is 0. The number of halogens is 1. The van der Waals surface area contributed by atoms with Crippen molar-refractivity contribution in [3.8, 4) is 11.8 Å². The molecule has 0 unspecified atom stereocenters. The van der Waals surface area contributed by atoms with Crippen molar-refractivity contribution in [2.24, 2.45) is 5.92 Å². The maximum Gasteiger partial charge on any atom is 0.135 e. The lowest BCUT2D eigenvalue weighted by Crippen LogP contribution is -2.16. The SMILES string of the molecule is CC(C)C#CC(C)(C)OI. The van der Waals surface area contributed by atoms with E-state index in [0.717, 1.165) is 0 Å². The Kier molecular flexibility index (Phi) is 4.30. The minimum atomic E-state index is -0.301. The third kappa shape index (κ3) is 5.07. The molecule has 2 heteroatoms.